The van der Waals surface area contributed by atoms with Crippen LogP contribution in [0.3, 0.4) is 0 Å². The van der Waals surface area contributed by atoms with Crippen LogP contribution >= 0.6 is 0 Å². The maximum absolute atomic E-state index is 13.9. The zero-order valence-electron chi connectivity index (χ0n) is 27.0. The molecule has 45 heavy (non-hydrogen) atoms. The van der Waals surface area contributed by atoms with Crippen molar-refractivity contribution in [3.8, 4) is 17.2 Å². The number of hydrogen-bond acceptors (Lipinski definition) is 7. The van der Waals surface area contributed by atoms with E-state index in [4.69, 9.17) is 19.2 Å². The fourth-order valence-corrected chi connectivity index (χ4v) is 6.29. The highest BCUT2D eigenvalue weighted by Gasteiger charge is 2.25. The van der Waals surface area contributed by atoms with Crippen LogP contribution in [0.4, 0.5) is 10.3 Å². The summed E-state index contributed by atoms with van der Waals surface area (Å²) in [6.45, 7) is 8.13. The molecule has 1 atom stereocenters. The van der Waals surface area contributed by atoms with E-state index in [1.807, 2.05) is 18.2 Å². The quantitative estimate of drug-likeness (QED) is 0.203. The molecule has 1 fully saturated rings. The number of hydrogen-bond donors (Lipinski definition) is 0. The summed E-state index contributed by atoms with van der Waals surface area (Å²) >= 11 is 0. The summed E-state index contributed by atoms with van der Waals surface area (Å²) in [7, 11) is 6.39. The molecule has 0 saturated carbocycles. The van der Waals surface area contributed by atoms with E-state index in [-0.39, 0.29) is 17.6 Å². The number of benzene rings is 3. The predicted molar refractivity (Wildman–Crippen MR) is 175 cm³/mol. The van der Waals surface area contributed by atoms with Gasteiger partial charge in [0.05, 0.1) is 32.4 Å². The number of carbonyl (C=O) groups is 1. The van der Waals surface area contributed by atoms with Gasteiger partial charge < -0.3 is 33.5 Å². The van der Waals surface area contributed by atoms with Gasteiger partial charge in [-0.3, -0.25) is 4.79 Å². The highest BCUT2D eigenvalue weighted by atomic mass is 19.1. The van der Waals surface area contributed by atoms with E-state index in [1.165, 1.54) is 39.0 Å². The fourth-order valence-electron chi connectivity index (χ4n) is 6.29. The second-order valence-electron chi connectivity index (χ2n) is 11.5. The second-order valence-corrected chi connectivity index (χ2v) is 11.5. The standard InChI is InChI=1S/C35H44FN5O4/c1-6-41-30-11-8-7-10-29(30)37-35(41)40-18-9-17-39(20-21-40)19-16-26(25-12-14-28(36)15-13-25)24-38(2)34(42)27-22-31(43-3)33(45-5)32(23-27)44-4/h7-8,10-15,22-23,26H,6,9,16-21,24H2,1-5H3. The maximum Gasteiger partial charge on any atom is 0.253 e. The van der Waals surface area contributed by atoms with E-state index in [2.05, 4.69) is 39.5 Å². The van der Waals surface area contributed by atoms with Crippen molar-refractivity contribution in [2.24, 2.45) is 0 Å². The van der Waals surface area contributed by atoms with Crippen molar-refractivity contribution in [3.63, 3.8) is 0 Å². The molecule has 0 N–H and O–H groups in total. The molecule has 5 rings (SSSR count). The van der Waals surface area contributed by atoms with E-state index >= 15 is 0 Å². The minimum atomic E-state index is -0.273. The summed E-state index contributed by atoms with van der Waals surface area (Å²) < 4.78 is 32.5. The van der Waals surface area contributed by atoms with Gasteiger partial charge in [-0.25, -0.2) is 9.37 Å². The molecule has 0 radical (unpaired) electrons. The van der Waals surface area contributed by atoms with Crippen LogP contribution in [0.2, 0.25) is 0 Å². The number of nitrogens with zero attached hydrogens (tertiary/aromatic N) is 5. The number of likely N-dealkylation sites (N-methyl/N-ethyl adjacent to an activating group) is 1. The van der Waals surface area contributed by atoms with E-state index in [9.17, 15) is 9.18 Å². The lowest BCUT2D eigenvalue weighted by molar-refractivity contribution is 0.0782. The minimum Gasteiger partial charge on any atom is -0.493 e. The summed E-state index contributed by atoms with van der Waals surface area (Å²) in [5, 5.41) is 0. The normalized spacial score (nSPS) is 14.7. The van der Waals surface area contributed by atoms with Crippen LogP contribution in [0.25, 0.3) is 11.0 Å². The summed E-state index contributed by atoms with van der Waals surface area (Å²) in [6.07, 6.45) is 1.86. The lowest BCUT2D eigenvalue weighted by Crippen LogP contribution is -2.35. The van der Waals surface area contributed by atoms with Gasteiger partial charge in [0, 0.05) is 51.3 Å². The zero-order chi connectivity index (χ0) is 31.9. The molecule has 1 unspecified atom stereocenters. The molecule has 1 saturated heterocycles. The molecule has 0 spiro atoms. The number of fused-ring (bicyclic) bond motifs is 1. The molecule has 0 aliphatic carbocycles. The average molecular weight is 618 g/mol. The zero-order valence-corrected chi connectivity index (χ0v) is 27.0. The van der Waals surface area contributed by atoms with Gasteiger partial charge in [0.15, 0.2) is 11.5 Å². The summed E-state index contributed by atoms with van der Waals surface area (Å²) in [6, 6.07) is 18.3. The topological polar surface area (TPSA) is 72.3 Å². The van der Waals surface area contributed by atoms with Crippen molar-refractivity contribution in [2.45, 2.75) is 32.2 Å². The number of halogens is 1. The molecule has 0 bridgehead atoms. The van der Waals surface area contributed by atoms with Crippen molar-refractivity contribution in [2.75, 3.05) is 72.5 Å². The number of aryl methyl sites for hydroxylation is 1. The van der Waals surface area contributed by atoms with E-state index in [1.54, 1.807) is 24.1 Å². The lowest BCUT2D eigenvalue weighted by Gasteiger charge is -2.28. The first-order valence-corrected chi connectivity index (χ1v) is 15.6. The first kappa shape index (κ1) is 32.1. The Balaban J connectivity index is 1.28. The van der Waals surface area contributed by atoms with Gasteiger partial charge in [-0.1, -0.05) is 24.3 Å². The molecular weight excluding hydrogens is 573 g/mol. The molecule has 3 aromatic carbocycles. The van der Waals surface area contributed by atoms with Gasteiger partial charge >= 0.3 is 0 Å². The molecule has 1 aliphatic heterocycles. The molecule has 9 nitrogen and oxygen atoms in total. The first-order valence-electron chi connectivity index (χ1n) is 15.6. The lowest BCUT2D eigenvalue weighted by atomic mass is 9.94. The number of ether oxygens (including phenoxy) is 3. The van der Waals surface area contributed by atoms with E-state index in [0.717, 1.165) is 69.1 Å². The van der Waals surface area contributed by atoms with Gasteiger partial charge in [0.25, 0.3) is 5.91 Å². The molecule has 1 aromatic heterocycles. The monoisotopic (exact) mass is 617 g/mol. The largest absolute Gasteiger partial charge is 0.493 e. The number of imidazole rings is 1. The molecular formula is C35H44FN5O4. The van der Waals surface area contributed by atoms with Crippen molar-refractivity contribution < 1.29 is 23.4 Å². The Morgan fingerprint density at radius 2 is 1.67 bits per heavy atom. The molecule has 2 heterocycles. The summed E-state index contributed by atoms with van der Waals surface area (Å²) in [5.74, 6) is 1.91. The van der Waals surface area contributed by atoms with Crippen LogP contribution in [0.5, 0.6) is 17.2 Å². The van der Waals surface area contributed by atoms with Gasteiger partial charge in [0.2, 0.25) is 11.7 Å². The Morgan fingerprint density at radius 3 is 2.33 bits per heavy atom. The van der Waals surface area contributed by atoms with Gasteiger partial charge in [-0.2, -0.15) is 0 Å². The number of methoxy groups -OCH3 is 3. The third-order valence-electron chi connectivity index (χ3n) is 8.71. The molecule has 10 heteroatoms. The Labute approximate surface area is 265 Å². The molecule has 4 aromatic rings. The van der Waals surface area contributed by atoms with Crippen LogP contribution < -0.4 is 19.1 Å². The highest BCUT2D eigenvalue weighted by molar-refractivity contribution is 5.95. The van der Waals surface area contributed by atoms with Crippen molar-refractivity contribution >= 4 is 22.9 Å². The number of anilines is 1. The molecule has 1 amide bonds. The number of aromatic nitrogens is 2. The Bertz CT molecular complexity index is 1570. The summed E-state index contributed by atoms with van der Waals surface area (Å²) in [5.41, 5.74) is 3.65. The fraction of sp³-hybridized carbons (Fsp3) is 0.429. The first-order chi connectivity index (χ1) is 21.9. The Hall–Kier alpha value is -4.31. The van der Waals surface area contributed by atoms with Crippen molar-refractivity contribution in [1.29, 1.82) is 0 Å². The van der Waals surface area contributed by atoms with Crippen LogP contribution in [-0.2, 0) is 6.54 Å². The predicted octanol–water partition coefficient (Wildman–Crippen LogP) is 5.68. The maximum atomic E-state index is 13.9. The van der Waals surface area contributed by atoms with E-state index < -0.39 is 0 Å². The molecule has 1 aliphatic rings. The van der Waals surface area contributed by atoms with Gasteiger partial charge in [-0.15, -0.1) is 0 Å². The van der Waals surface area contributed by atoms with Crippen molar-refractivity contribution in [1.82, 2.24) is 19.4 Å². The Morgan fingerprint density at radius 1 is 0.956 bits per heavy atom. The Kier molecular flexibility index (Phi) is 10.4. The third-order valence-corrected chi connectivity index (χ3v) is 8.71. The van der Waals surface area contributed by atoms with Crippen LogP contribution in [0, 0.1) is 5.82 Å². The average Bonchev–Trinajstić information content (AvgIpc) is 3.28. The van der Waals surface area contributed by atoms with Gasteiger partial charge in [-0.05, 0) is 74.8 Å². The van der Waals surface area contributed by atoms with Gasteiger partial charge in [0.1, 0.15) is 5.82 Å². The number of para-hydroxylation sites is 2. The van der Waals surface area contributed by atoms with Crippen LogP contribution in [-0.4, -0.2) is 92.9 Å². The third kappa shape index (κ3) is 7.17. The van der Waals surface area contributed by atoms with Crippen LogP contribution in [0.1, 0.15) is 41.6 Å². The SMILES string of the molecule is CCn1c(N2CCCN(CCC(CN(C)C(=O)c3cc(OC)c(OC)c(OC)c3)c3ccc(F)cc3)CC2)nc2ccccc21. The number of rotatable bonds is 12. The summed E-state index contributed by atoms with van der Waals surface area (Å²) in [4.78, 5) is 25.2. The highest BCUT2D eigenvalue weighted by Crippen LogP contribution is 2.38. The number of carbonyl (C=O) groups excluding carboxylic acids is 1. The van der Waals surface area contributed by atoms with E-state index in [0.29, 0.717) is 29.4 Å². The number of amides is 1. The second kappa shape index (κ2) is 14.6. The smallest absolute Gasteiger partial charge is 0.253 e. The molecule has 240 valence electrons. The minimum absolute atomic E-state index is 0.0187. The van der Waals surface area contributed by atoms with Crippen molar-refractivity contribution in [3.05, 3.63) is 77.6 Å². The van der Waals surface area contributed by atoms with Crippen LogP contribution in [0.15, 0.2) is 60.7 Å².